The van der Waals surface area contributed by atoms with E-state index < -0.39 is 0 Å². The summed E-state index contributed by atoms with van der Waals surface area (Å²) in [7, 11) is 0. The van der Waals surface area contributed by atoms with E-state index in [1.54, 1.807) is 4.90 Å². The molecule has 2 aliphatic heterocycles. The molecule has 0 unspecified atom stereocenters. The lowest BCUT2D eigenvalue weighted by Crippen LogP contribution is -2.48. The zero-order chi connectivity index (χ0) is 11.8. The third-order valence-corrected chi connectivity index (χ3v) is 3.07. The molecule has 1 N–H and O–H groups in total. The first-order valence-corrected chi connectivity index (χ1v) is 5.66. The fraction of sp³-hybridized carbons (Fsp3) is 0.231. The summed E-state index contributed by atoms with van der Waals surface area (Å²) in [5.41, 5.74) is 2.93. The van der Waals surface area contributed by atoms with Crippen LogP contribution in [0.3, 0.4) is 0 Å². The number of amidine groups is 1. The quantitative estimate of drug-likeness (QED) is 0.725. The molecular weight excluding hydrogens is 214 g/mol. The Labute approximate surface area is 99.7 Å². The number of hydrogen-bond acceptors (Lipinski definition) is 2. The van der Waals surface area contributed by atoms with Crippen molar-refractivity contribution in [2.24, 2.45) is 4.99 Å². The Morgan fingerprint density at radius 2 is 2.18 bits per heavy atom. The van der Waals surface area contributed by atoms with Crippen molar-refractivity contribution in [1.29, 1.82) is 0 Å². The number of nitrogens with zero attached hydrogens (tertiary/aromatic N) is 2. The van der Waals surface area contributed by atoms with Gasteiger partial charge in [-0.05, 0) is 11.6 Å². The fourth-order valence-corrected chi connectivity index (χ4v) is 2.15. The van der Waals surface area contributed by atoms with Crippen LogP contribution in [-0.4, -0.2) is 23.3 Å². The van der Waals surface area contributed by atoms with Gasteiger partial charge in [-0.2, -0.15) is 0 Å². The highest BCUT2D eigenvalue weighted by Gasteiger charge is 2.27. The van der Waals surface area contributed by atoms with E-state index in [0.29, 0.717) is 6.54 Å². The molecule has 0 aromatic heterocycles. The van der Waals surface area contributed by atoms with Gasteiger partial charge in [-0.3, -0.25) is 4.90 Å². The van der Waals surface area contributed by atoms with Crippen LogP contribution in [-0.2, 0) is 6.42 Å². The number of aliphatic imine (C=N–C) groups is 1. The summed E-state index contributed by atoms with van der Waals surface area (Å²) >= 11 is 0. The minimum absolute atomic E-state index is 0.118. The number of benzene rings is 1. The number of carbonyl (C=O) groups is 1. The Morgan fingerprint density at radius 3 is 2.94 bits per heavy atom. The van der Waals surface area contributed by atoms with Gasteiger partial charge < -0.3 is 5.32 Å². The largest absolute Gasteiger partial charge is 0.326 e. The summed E-state index contributed by atoms with van der Waals surface area (Å²) in [5.74, 6) is 0.830. The van der Waals surface area contributed by atoms with E-state index in [1.165, 1.54) is 5.56 Å². The van der Waals surface area contributed by atoms with Gasteiger partial charge in [-0.25, -0.2) is 9.79 Å². The first-order valence-electron chi connectivity index (χ1n) is 5.66. The van der Waals surface area contributed by atoms with Gasteiger partial charge >= 0.3 is 6.03 Å². The Bertz CT molecular complexity index is 533. The molecule has 4 heteroatoms. The van der Waals surface area contributed by atoms with Crippen molar-refractivity contribution in [3.8, 4) is 0 Å². The highest BCUT2D eigenvalue weighted by molar-refractivity contribution is 6.03. The summed E-state index contributed by atoms with van der Waals surface area (Å²) in [6.45, 7) is 4.43. The fourth-order valence-electron chi connectivity index (χ4n) is 2.15. The molecule has 2 amide bonds. The van der Waals surface area contributed by atoms with Gasteiger partial charge in [0, 0.05) is 25.1 Å². The lowest BCUT2D eigenvalue weighted by atomic mass is 10.1. The average Bonchev–Trinajstić information content (AvgIpc) is 2.72. The number of amides is 2. The summed E-state index contributed by atoms with van der Waals surface area (Å²) in [6.07, 6.45) is 1.51. The van der Waals surface area contributed by atoms with Gasteiger partial charge in [0.25, 0.3) is 0 Å². The molecule has 1 fully saturated rings. The van der Waals surface area contributed by atoms with E-state index in [-0.39, 0.29) is 6.03 Å². The van der Waals surface area contributed by atoms with E-state index >= 15 is 0 Å². The van der Waals surface area contributed by atoms with Crippen LogP contribution in [0.25, 0.3) is 0 Å². The molecule has 1 aromatic carbocycles. The van der Waals surface area contributed by atoms with Crippen molar-refractivity contribution in [3.63, 3.8) is 0 Å². The maximum atomic E-state index is 11.8. The molecule has 1 aromatic rings. The molecule has 0 aliphatic carbocycles. The van der Waals surface area contributed by atoms with Crippen LogP contribution in [0.2, 0.25) is 0 Å². The van der Waals surface area contributed by atoms with Crippen LogP contribution in [0.5, 0.6) is 0 Å². The number of rotatable bonds is 0. The third-order valence-electron chi connectivity index (χ3n) is 3.07. The first kappa shape index (κ1) is 10.1. The van der Waals surface area contributed by atoms with Gasteiger partial charge in [-0.1, -0.05) is 24.8 Å². The molecule has 0 bridgehead atoms. The Balaban J connectivity index is 1.84. The second kappa shape index (κ2) is 3.73. The highest BCUT2D eigenvalue weighted by atomic mass is 16.2. The summed E-state index contributed by atoms with van der Waals surface area (Å²) < 4.78 is 0. The van der Waals surface area contributed by atoms with Crippen LogP contribution < -0.4 is 5.32 Å². The van der Waals surface area contributed by atoms with Crippen molar-refractivity contribution in [1.82, 2.24) is 10.2 Å². The monoisotopic (exact) mass is 227 g/mol. The van der Waals surface area contributed by atoms with Gasteiger partial charge in [0.15, 0.2) is 0 Å². The first-order chi connectivity index (χ1) is 8.24. The van der Waals surface area contributed by atoms with Crippen LogP contribution in [0.15, 0.2) is 41.5 Å². The Kier molecular flexibility index (Phi) is 2.21. The normalized spacial score (nSPS) is 18.8. The number of urea groups is 1. The maximum Gasteiger partial charge on any atom is 0.326 e. The standard InChI is InChI=1S/C13H13N3O/c1-9-6-7-16(13(17)14-9)12-8-10-4-2-3-5-11(10)15-12/h2-5H,1,6-8H2,(H,14,17). The maximum absolute atomic E-state index is 11.8. The zero-order valence-electron chi connectivity index (χ0n) is 9.44. The predicted octanol–water partition coefficient (Wildman–Crippen LogP) is 2.20. The second-order valence-electron chi connectivity index (χ2n) is 4.27. The number of fused-ring (bicyclic) bond motifs is 1. The van der Waals surface area contributed by atoms with E-state index in [4.69, 9.17) is 0 Å². The third kappa shape index (κ3) is 1.71. The van der Waals surface area contributed by atoms with Crippen LogP contribution in [0, 0.1) is 0 Å². The SMILES string of the molecule is C=C1CCN(C2=Nc3ccccc3C2)C(=O)N1. The molecule has 2 heterocycles. The topological polar surface area (TPSA) is 44.7 Å². The van der Waals surface area contributed by atoms with Crippen molar-refractivity contribution in [3.05, 3.63) is 42.1 Å². The lowest BCUT2D eigenvalue weighted by Gasteiger charge is -2.28. The zero-order valence-corrected chi connectivity index (χ0v) is 9.44. The van der Waals surface area contributed by atoms with Crippen LogP contribution >= 0.6 is 0 Å². The molecule has 86 valence electrons. The smallest absolute Gasteiger partial charge is 0.312 e. The number of carbonyl (C=O) groups excluding carboxylic acids is 1. The minimum Gasteiger partial charge on any atom is -0.312 e. The number of para-hydroxylation sites is 1. The van der Waals surface area contributed by atoms with E-state index in [2.05, 4.69) is 16.9 Å². The Hall–Kier alpha value is -2.10. The molecule has 1 saturated heterocycles. The molecule has 0 spiro atoms. The van der Waals surface area contributed by atoms with E-state index in [9.17, 15) is 4.79 Å². The molecule has 3 rings (SSSR count). The summed E-state index contributed by atoms with van der Waals surface area (Å²) in [5, 5.41) is 2.74. The van der Waals surface area contributed by atoms with Crippen LogP contribution in [0.4, 0.5) is 10.5 Å². The van der Waals surface area contributed by atoms with Crippen LogP contribution in [0.1, 0.15) is 12.0 Å². The van der Waals surface area contributed by atoms with E-state index in [1.807, 2.05) is 24.3 Å². The van der Waals surface area contributed by atoms with Crippen molar-refractivity contribution in [2.45, 2.75) is 12.8 Å². The Morgan fingerprint density at radius 1 is 1.35 bits per heavy atom. The lowest BCUT2D eigenvalue weighted by molar-refractivity contribution is 0.217. The number of nitrogens with one attached hydrogen (secondary N) is 1. The van der Waals surface area contributed by atoms with Gasteiger partial charge in [0.1, 0.15) is 5.84 Å². The molecule has 2 aliphatic rings. The van der Waals surface area contributed by atoms with Gasteiger partial charge in [0.05, 0.1) is 5.69 Å². The van der Waals surface area contributed by atoms with Crippen molar-refractivity contribution < 1.29 is 4.79 Å². The summed E-state index contributed by atoms with van der Waals surface area (Å²) in [4.78, 5) is 18.0. The van der Waals surface area contributed by atoms with E-state index in [0.717, 1.165) is 30.1 Å². The number of hydrogen-bond donors (Lipinski definition) is 1. The molecule has 0 radical (unpaired) electrons. The summed E-state index contributed by atoms with van der Waals surface area (Å²) in [6, 6.07) is 7.86. The second-order valence-corrected chi connectivity index (χ2v) is 4.27. The predicted molar refractivity (Wildman–Crippen MR) is 66.2 cm³/mol. The molecule has 17 heavy (non-hydrogen) atoms. The molecule has 0 saturated carbocycles. The highest BCUT2D eigenvalue weighted by Crippen LogP contribution is 2.27. The minimum atomic E-state index is -0.118. The molecular formula is C13H13N3O. The van der Waals surface area contributed by atoms with Gasteiger partial charge in [-0.15, -0.1) is 0 Å². The van der Waals surface area contributed by atoms with Crippen molar-refractivity contribution >= 4 is 17.6 Å². The molecule has 0 atom stereocenters. The molecule has 4 nitrogen and oxygen atoms in total. The average molecular weight is 227 g/mol. The van der Waals surface area contributed by atoms with Gasteiger partial charge in [0.2, 0.25) is 0 Å². The van der Waals surface area contributed by atoms with Crippen molar-refractivity contribution in [2.75, 3.05) is 6.54 Å².